The molecule has 1 aromatic rings. The molecule has 0 aromatic carbocycles. The van der Waals surface area contributed by atoms with Gasteiger partial charge in [-0.25, -0.2) is 4.98 Å². The third-order valence-corrected chi connectivity index (χ3v) is 2.18. The maximum atomic E-state index is 8.71. The Bertz CT molecular complexity index is 297. The molecule has 1 rings (SSSR count). The van der Waals surface area contributed by atoms with Gasteiger partial charge in [-0.3, -0.25) is 0 Å². The predicted octanol–water partition coefficient (Wildman–Crippen LogP) is 1.31. The first-order chi connectivity index (χ1) is 5.86. The van der Waals surface area contributed by atoms with Gasteiger partial charge >= 0.3 is 0 Å². The molecule has 1 N–H and O–H groups in total. The number of hydrogen-bond donors (Lipinski definition) is 2. The van der Waals surface area contributed by atoms with Crippen molar-refractivity contribution in [3.05, 3.63) is 16.1 Å². The second-order valence-corrected chi connectivity index (χ2v) is 3.38. The van der Waals surface area contributed by atoms with Crippen LogP contribution in [0, 0.1) is 11.8 Å². The van der Waals surface area contributed by atoms with Gasteiger partial charge in [-0.05, 0) is 5.92 Å². The summed E-state index contributed by atoms with van der Waals surface area (Å²) < 4.78 is 0. The van der Waals surface area contributed by atoms with E-state index >= 15 is 0 Å². The van der Waals surface area contributed by atoms with Gasteiger partial charge in [0.25, 0.3) is 0 Å². The summed E-state index contributed by atoms with van der Waals surface area (Å²) >= 11 is 5.49. The highest BCUT2D eigenvalue weighted by molar-refractivity contribution is 7.80. The molecule has 0 aliphatic heterocycles. The van der Waals surface area contributed by atoms with Crippen molar-refractivity contribution in [1.82, 2.24) is 4.98 Å². The van der Waals surface area contributed by atoms with Crippen molar-refractivity contribution in [2.45, 2.75) is 13.0 Å². The highest BCUT2D eigenvalue weighted by atomic mass is 32.1. The third-order valence-electron chi connectivity index (χ3n) is 1.15. The Balaban J connectivity index is 2.59. The standard InChI is InChI=1S/C8H9NOS2/c10-5-7-6-12-8(9-7)3-1-2-4-11/h6,10-11H,2,4-5H2. The lowest BCUT2D eigenvalue weighted by atomic mass is 10.4. The van der Waals surface area contributed by atoms with Crippen LogP contribution in [0.25, 0.3) is 0 Å². The smallest absolute Gasteiger partial charge is 0.167 e. The summed E-state index contributed by atoms with van der Waals surface area (Å²) in [5.41, 5.74) is 0.690. The molecule has 0 aliphatic rings. The molecule has 1 aromatic heterocycles. The average molecular weight is 199 g/mol. The van der Waals surface area contributed by atoms with Crippen LogP contribution in [0.5, 0.6) is 0 Å². The first kappa shape index (κ1) is 9.59. The first-order valence-electron chi connectivity index (χ1n) is 3.52. The van der Waals surface area contributed by atoms with Crippen LogP contribution in [0.4, 0.5) is 0 Å². The minimum atomic E-state index is -0.00918. The van der Waals surface area contributed by atoms with E-state index in [9.17, 15) is 0 Å². The SMILES string of the molecule is OCc1csc(C#CCCS)n1. The lowest BCUT2D eigenvalue weighted by Gasteiger charge is -1.80. The van der Waals surface area contributed by atoms with Gasteiger partial charge < -0.3 is 5.11 Å². The van der Waals surface area contributed by atoms with E-state index in [4.69, 9.17) is 5.11 Å². The summed E-state index contributed by atoms with van der Waals surface area (Å²) in [5.74, 6) is 6.60. The molecule has 0 aliphatic carbocycles. The van der Waals surface area contributed by atoms with Crippen LogP contribution in [-0.2, 0) is 6.61 Å². The van der Waals surface area contributed by atoms with Crippen LogP contribution in [0.1, 0.15) is 17.1 Å². The van der Waals surface area contributed by atoms with E-state index in [1.807, 2.05) is 5.38 Å². The largest absolute Gasteiger partial charge is 0.390 e. The topological polar surface area (TPSA) is 33.1 Å². The van der Waals surface area contributed by atoms with E-state index in [2.05, 4.69) is 29.5 Å². The number of aliphatic hydroxyl groups excluding tert-OH is 1. The summed E-state index contributed by atoms with van der Waals surface area (Å²) in [4.78, 5) is 4.07. The molecule has 0 atom stereocenters. The molecule has 0 amide bonds. The molecule has 0 bridgehead atoms. The summed E-state index contributed by atoms with van der Waals surface area (Å²) in [6.45, 7) is -0.00918. The van der Waals surface area contributed by atoms with Gasteiger partial charge in [-0.2, -0.15) is 12.6 Å². The molecule has 2 nitrogen and oxygen atoms in total. The molecule has 0 fully saturated rings. The highest BCUT2D eigenvalue weighted by Gasteiger charge is 1.95. The molecule has 0 unspecified atom stereocenters. The molecule has 0 saturated heterocycles. The minimum Gasteiger partial charge on any atom is -0.390 e. The van der Waals surface area contributed by atoms with E-state index in [-0.39, 0.29) is 6.61 Å². The fourth-order valence-corrected chi connectivity index (χ4v) is 1.42. The van der Waals surface area contributed by atoms with Crippen LogP contribution in [0.3, 0.4) is 0 Å². The van der Waals surface area contributed by atoms with Crippen molar-refractivity contribution in [3.63, 3.8) is 0 Å². The lowest BCUT2D eigenvalue weighted by Crippen LogP contribution is -1.81. The highest BCUT2D eigenvalue weighted by Crippen LogP contribution is 2.07. The molecular weight excluding hydrogens is 190 g/mol. The molecule has 1 heterocycles. The van der Waals surface area contributed by atoms with Crippen LogP contribution < -0.4 is 0 Å². The molecule has 0 spiro atoms. The van der Waals surface area contributed by atoms with E-state index < -0.39 is 0 Å². The zero-order valence-corrected chi connectivity index (χ0v) is 8.16. The van der Waals surface area contributed by atoms with Crippen LogP contribution in [0.15, 0.2) is 5.38 Å². The molecule has 12 heavy (non-hydrogen) atoms. The lowest BCUT2D eigenvalue weighted by molar-refractivity contribution is 0.277. The van der Waals surface area contributed by atoms with Crippen molar-refractivity contribution in [2.24, 2.45) is 0 Å². The molecule has 0 saturated carbocycles. The van der Waals surface area contributed by atoms with Gasteiger partial charge in [0.15, 0.2) is 5.01 Å². The Kier molecular flexibility index (Phi) is 4.15. The zero-order valence-electron chi connectivity index (χ0n) is 6.45. The average Bonchev–Trinajstić information content (AvgIpc) is 2.53. The zero-order chi connectivity index (χ0) is 8.81. The second-order valence-electron chi connectivity index (χ2n) is 2.08. The first-order valence-corrected chi connectivity index (χ1v) is 5.03. The van der Waals surface area contributed by atoms with Crippen LogP contribution in [0.2, 0.25) is 0 Å². The summed E-state index contributed by atoms with van der Waals surface area (Å²) in [6, 6.07) is 0. The second kappa shape index (κ2) is 5.20. The Hall–Kier alpha value is -0.500. The number of rotatable bonds is 2. The fourth-order valence-electron chi connectivity index (χ4n) is 0.631. The number of thiazole rings is 1. The maximum Gasteiger partial charge on any atom is 0.167 e. The van der Waals surface area contributed by atoms with E-state index in [0.29, 0.717) is 5.69 Å². The summed E-state index contributed by atoms with van der Waals surface area (Å²) in [5, 5.41) is 11.3. The Morgan fingerprint density at radius 3 is 3.08 bits per heavy atom. The monoisotopic (exact) mass is 199 g/mol. The third kappa shape index (κ3) is 2.86. The number of thiol groups is 1. The molecule has 64 valence electrons. The minimum absolute atomic E-state index is 0.00918. The van der Waals surface area contributed by atoms with Gasteiger partial charge in [-0.1, -0.05) is 5.92 Å². The fraction of sp³-hybridized carbons (Fsp3) is 0.375. The summed E-state index contributed by atoms with van der Waals surface area (Å²) in [6.07, 6.45) is 0.775. The van der Waals surface area contributed by atoms with E-state index in [0.717, 1.165) is 17.2 Å². The Labute approximate surface area is 81.1 Å². The number of hydrogen-bond acceptors (Lipinski definition) is 4. The quantitative estimate of drug-likeness (QED) is 0.556. The van der Waals surface area contributed by atoms with Crippen molar-refractivity contribution in [1.29, 1.82) is 0 Å². The van der Waals surface area contributed by atoms with Crippen molar-refractivity contribution >= 4 is 24.0 Å². The molecular formula is C8H9NOS2. The number of aliphatic hydroxyl groups is 1. The van der Waals surface area contributed by atoms with E-state index in [1.54, 1.807) is 0 Å². The Morgan fingerprint density at radius 1 is 1.67 bits per heavy atom. The summed E-state index contributed by atoms with van der Waals surface area (Å²) in [7, 11) is 0. The predicted molar refractivity (Wildman–Crippen MR) is 53.4 cm³/mol. The van der Waals surface area contributed by atoms with Gasteiger partial charge in [-0.15, -0.1) is 11.3 Å². The van der Waals surface area contributed by atoms with Gasteiger partial charge in [0.05, 0.1) is 12.3 Å². The normalized spacial score (nSPS) is 9.17. The van der Waals surface area contributed by atoms with Gasteiger partial charge in [0.2, 0.25) is 0 Å². The van der Waals surface area contributed by atoms with Crippen molar-refractivity contribution in [2.75, 3.05) is 5.75 Å². The van der Waals surface area contributed by atoms with Crippen LogP contribution >= 0.6 is 24.0 Å². The van der Waals surface area contributed by atoms with E-state index in [1.165, 1.54) is 11.3 Å². The number of nitrogens with zero attached hydrogens (tertiary/aromatic N) is 1. The maximum absolute atomic E-state index is 8.71. The van der Waals surface area contributed by atoms with Crippen molar-refractivity contribution in [3.8, 4) is 11.8 Å². The number of aromatic nitrogens is 1. The van der Waals surface area contributed by atoms with Crippen molar-refractivity contribution < 1.29 is 5.11 Å². The Morgan fingerprint density at radius 2 is 2.50 bits per heavy atom. The van der Waals surface area contributed by atoms with Gasteiger partial charge in [0.1, 0.15) is 0 Å². The molecule has 4 heteroatoms. The molecule has 0 radical (unpaired) electrons. The van der Waals surface area contributed by atoms with Gasteiger partial charge in [0, 0.05) is 17.6 Å². The van der Waals surface area contributed by atoms with Crippen LogP contribution in [-0.4, -0.2) is 15.8 Å².